The van der Waals surface area contributed by atoms with Crippen molar-refractivity contribution in [2.24, 2.45) is 21.1 Å². The third-order valence-corrected chi connectivity index (χ3v) is 22.9. The summed E-state index contributed by atoms with van der Waals surface area (Å²) in [6.45, 7) is 20.6. The van der Waals surface area contributed by atoms with Gasteiger partial charge in [-0.15, -0.1) is 0 Å². The summed E-state index contributed by atoms with van der Waals surface area (Å²) >= 11 is 19.1. The highest BCUT2D eigenvalue weighted by Gasteiger charge is 2.32. The minimum Gasteiger partial charge on any atom is -0.495 e. The fourth-order valence-corrected chi connectivity index (χ4v) is 16.2. The number of amides is 1. The van der Waals surface area contributed by atoms with Crippen molar-refractivity contribution in [3.8, 4) is 17.0 Å². The zero-order chi connectivity index (χ0) is 79.2. The van der Waals surface area contributed by atoms with Crippen molar-refractivity contribution < 1.29 is 9.53 Å². The molecular formula is C85H99Cl3N20O4. The number of likely N-dealkylation sites (N-methyl/N-ethyl adjacent to an activating group) is 3. The molecule has 1 saturated heterocycles. The van der Waals surface area contributed by atoms with Crippen molar-refractivity contribution in [3.63, 3.8) is 0 Å². The second-order valence-corrected chi connectivity index (χ2v) is 30.3. The minimum atomic E-state index is -0.214. The molecule has 7 aromatic heterocycles. The van der Waals surface area contributed by atoms with Crippen LogP contribution in [0.4, 0.5) is 34.8 Å². The van der Waals surface area contributed by atoms with Crippen LogP contribution >= 0.6 is 34.8 Å². The summed E-state index contributed by atoms with van der Waals surface area (Å²) in [5.41, 5.74) is 19.7. The van der Waals surface area contributed by atoms with Crippen LogP contribution in [0, 0.1) is 20.8 Å². The highest BCUT2D eigenvalue weighted by atomic mass is 35.5. The SMILES string of the molecule is CCN(CC)C/C=C/c1[nH]c(=O)c2c(ccc3nc(Nc4c(Cl)cccc4Cl)n(C)c32)c1C.CNCCCN(C)C/C=C/c1[nH]c(=O)c2c(ccc3nc(Nc4c(C)cccc4Cl)n(C)c32)c1C.COc1cc(-c2nn(C3CCC(N4CCN(C)CC4)CC3)c3ncnc(N)c23)ccc1NC(=O)c1cc2ccccc2n1C. The predicted molar refractivity (Wildman–Crippen MR) is 461 cm³/mol. The molecule has 15 rings (SSSR count). The van der Waals surface area contributed by atoms with Gasteiger partial charge in [-0.2, -0.15) is 5.10 Å². The Bertz CT molecular complexity index is 5770. The Kier molecular flexibility index (Phi) is 25.0. The number of halogens is 3. The van der Waals surface area contributed by atoms with Gasteiger partial charge >= 0.3 is 0 Å². The molecule has 1 saturated carbocycles. The number of hydrogen-bond donors (Lipinski definition) is 7. The van der Waals surface area contributed by atoms with Gasteiger partial charge in [0.2, 0.25) is 11.9 Å². The first kappa shape index (κ1) is 79.7. The maximum absolute atomic E-state index is 13.3. The highest BCUT2D eigenvalue weighted by Crippen LogP contribution is 2.41. The van der Waals surface area contributed by atoms with E-state index < -0.39 is 0 Å². The number of nitrogen functional groups attached to an aromatic ring is 1. The number of para-hydroxylation sites is 3. The lowest BCUT2D eigenvalue weighted by Gasteiger charge is -2.41. The van der Waals surface area contributed by atoms with Gasteiger partial charge in [0.05, 0.1) is 83.5 Å². The Balaban J connectivity index is 0.000000149. The quantitative estimate of drug-likeness (QED) is 0.0311. The van der Waals surface area contributed by atoms with Crippen LogP contribution in [0.15, 0.2) is 137 Å². The topological polar surface area (TPSA) is 263 Å². The molecule has 0 unspecified atom stereocenters. The second-order valence-electron chi connectivity index (χ2n) is 29.0. The Morgan fingerprint density at radius 2 is 1.26 bits per heavy atom. The molecule has 8 heterocycles. The summed E-state index contributed by atoms with van der Waals surface area (Å²) in [5, 5.41) is 24.3. The van der Waals surface area contributed by atoms with Crippen LogP contribution in [0.1, 0.15) is 90.6 Å². The number of nitrogens with one attached hydrogen (secondary N) is 6. The average Bonchev–Trinajstić information content (AvgIpc) is 1.49. The van der Waals surface area contributed by atoms with Gasteiger partial charge in [-0.05, 0) is 194 Å². The number of carbonyl (C=O) groups is 1. The molecule has 6 aromatic carbocycles. The van der Waals surface area contributed by atoms with E-state index >= 15 is 0 Å². The molecule has 2 fully saturated rings. The number of pyridine rings is 2. The molecule has 27 heteroatoms. The van der Waals surface area contributed by atoms with E-state index in [-0.39, 0.29) is 23.1 Å². The number of aromatic nitrogens is 11. The lowest BCUT2D eigenvalue weighted by atomic mass is 9.90. The van der Waals surface area contributed by atoms with E-state index in [1.54, 1.807) is 25.3 Å². The normalized spacial score (nSPS) is 15.1. The van der Waals surface area contributed by atoms with Crippen LogP contribution in [-0.4, -0.2) is 179 Å². The van der Waals surface area contributed by atoms with Crippen LogP contribution in [0.2, 0.25) is 15.1 Å². The summed E-state index contributed by atoms with van der Waals surface area (Å²) in [6.07, 6.45) is 15.2. The standard InChI is InChI=1S/C33H39N9O2.C27H33ClN6O.C25H27Cl2N5O/c1-39-14-16-41(17-15-39)23-9-11-24(12-10-23)42-32-29(31(34)35-20-36-32)30(38-42)22-8-13-25(28(19-22)44-3)37-33(43)27-18-21-6-4-5-7-26(21)40(27)2;1-17-9-6-10-20(28)24(17)32-27-31-22-13-12-19-18(2)21(11-7-15-33(4)16-8-14-29-3)30-26(35)23(19)25(22)34(27)5;1-5-32(6-2)14-8-11-19-15(3)16-12-13-20-23(21(16)24(33)28-19)31(4)25(29-20)30-22-17(26)9-7-10-18(22)27/h4-8,13,18-20,23-24H,9-12,14-17H2,1-3H3,(H,37,43)(H2,34,35,36);6-7,9-13,29H,8,14-16H2,1-5H3,(H,30,35)(H,31,32);7-13H,5-6,14H2,1-4H3,(H,28,33)(H,29,30)/b;11-7+;11-8+. The number of benzene rings is 6. The van der Waals surface area contributed by atoms with Crippen molar-refractivity contribution >= 4 is 153 Å². The summed E-state index contributed by atoms with van der Waals surface area (Å²) in [5.74, 6) is 1.89. The smallest absolute Gasteiger partial charge is 0.272 e. The summed E-state index contributed by atoms with van der Waals surface area (Å²) in [6, 6.07) is 35.3. The number of piperazine rings is 1. The predicted octanol–water partition coefficient (Wildman–Crippen LogP) is 15.7. The number of fused-ring (bicyclic) bond motifs is 8. The fourth-order valence-electron chi connectivity index (χ4n) is 15.4. The number of rotatable bonds is 22. The number of methoxy groups -OCH3 is 1. The monoisotopic (exact) mass is 1570 g/mol. The molecule has 0 radical (unpaired) electrons. The number of nitrogens with two attached hydrogens (primary N) is 1. The van der Waals surface area contributed by atoms with Crippen LogP contribution in [0.25, 0.3) is 89.0 Å². The van der Waals surface area contributed by atoms with Crippen molar-refractivity contribution in [2.45, 2.75) is 78.8 Å². The number of anilines is 6. The number of hydrogen-bond acceptors (Lipinski definition) is 17. The Hall–Kier alpha value is -10.4. The van der Waals surface area contributed by atoms with Crippen molar-refractivity contribution in [3.05, 3.63) is 197 Å². The van der Waals surface area contributed by atoms with E-state index in [1.807, 2.05) is 166 Å². The van der Waals surface area contributed by atoms with Gasteiger partial charge in [-0.3, -0.25) is 19.3 Å². The third-order valence-electron chi connectivity index (χ3n) is 22.0. The molecule has 0 atom stereocenters. The average molecular weight is 1570 g/mol. The van der Waals surface area contributed by atoms with E-state index in [9.17, 15) is 14.4 Å². The van der Waals surface area contributed by atoms with Crippen LogP contribution in [0.3, 0.4) is 0 Å². The van der Waals surface area contributed by atoms with E-state index in [1.165, 1.54) is 6.33 Å². The highest BCUT2D eigenvalue weighted by molar-refractivity contribution is 6.39. The summed E-state index contributed by atoms with van der Waals surface area (Å²) in [4.78, 5) is 74.0. The van der Waals surface area contributed by atoms with Crippen molar-refractivity contribution in [1.82, 2.24) is 78.3 Å². The zero-order valence-electron chi connectivity index (χ0n) is 65.7. The van der Waals surface area contributed by atoms with Gasteiger partial charge in [0.1, 0.15) is 29.3 Å². The molecule has 112 heavy (non-hydrogen) atoms. The lowest BCUT2D eigenvalue weighted by Crippen LogP contribution is -2.49. The molecule has 0 bridgehead atoms. The fraction of sp³-hybridized carbons (Fsp3) is 0.341. The Labute approximate surface area is 666 Å². The number of nitrogens with zero attached hydrogens (tertiary/aromatic N) is 13. The van der Waals surface area contributed by atoms with Gasteiger partial charge in [-0.1, -0.05) is 115 Å². The Morgan fingerprint density at radius 3 is 1.85 bits per heavy atom. The molecule has 584 valence electrons. The number of aromatic amines is 2. The minimum absolute atomic E-state index is 0.123. The maximum atomic E-state index is 13.3. The van der Waals surface area contributed by atoms with Gasteiger partial charge in [0, 0.05) is 94.3 Å². The number of ether oxygens (including phenoxy) is 1. The van der Waals surface area contributed by atoms with Crippen LogP contribution < -0.4 is 42.9 Å². The van der Waals surface area contributed by atoms with E-state index in [0.29, 0.717) is 83.6 Å². The molecule has 2 aliphatic rings. The van der Waals surface area contributed by atoms with Gasteiger partial charge < -0.3 is 70.1 Å². The summed E-state index contributed by atoms with van der Waals surface area (Å²) < 4.78 is 13.5. The van der Waals surface area contributed by atoms with Crippen molar-refractivity contribution in [2.75, 3.05) is 115 Å². The number of carbonyl (C=O) groups excluding carboxylic acids is 1. The lowest BCUT2D eigenvalue weighted by molar-refractivity contribution is 0.0815. The largest absolute Gasteiger partial charge is 0.495 e. The molecule has 1 aliphatic heterocycles. The first-order valence-electron chi connectivity index (χ1n) is 38.2. The molecule has 8 N–H and O–H groups in total. The van der Waals surface area contributed by atoms with Crippen LogP contribution in [0.5, 0.6) is 5.75 Å². The zero-order valence-corrected chi connectivity index (χ0v) is 68.0. The maximum Gasteiger partial charge on any atom is 0.272 e. The number of aryl methyl sites for hydroxylation is 6. The first-order valence-corrected chi connectivity index (χ1v) is 39.3. The Morgan fingerprint density at radius 1 is 0.679 bits per heavy atom. The first-order chi connectivity index (χ1) is 54.1. The molecule has 1 aliphatic carbocycles. The van der Waals surface area contributed by atoms with Gasteiger partial charge in [0.25, 0.3) is 17.0 Å². The molecule has 1 amide bonds. The number of imidazole rings is 2. The molecule has 13 aromatic rings. The molecular weight excluding hydrogens is 1470 g/mol. The third kappa shape index (κ3) is 16.7. The molecule has 24 nitrogen and oxygen atoms in total. The van der Waals surface area contributed by atoms with E-state index in [2.05, 4.69) is 111 Å². The van der Waals surface area contributed by atoms with Crippen LogP contribution in [-0.2, 0) is 21.1 Å². The van der Waals surface area contributed by atoms with E-state index in [4.69, 9.17) is 55.4 Å². The van der Waals surface area contributed by atoms with E-state index in [0.717, 1.165) is 186 Å². The second kappa shape index (κ2) is 35.1. The van der Waals surface area contributed by atoms with Crippen molar-refractivity contribution in [1.29, 1.82) is 0 Å². The van der Waals surface area contributed by atoms with Gasteiger partial charge in [0.15, 0.2) is 5.65 Å². The molecule has 0 spiro atoms. The summed E-state index contributed by atoms with van der Waals surface area (Å²) in [7, 11) is 13.5. The van der Waals surface area contributed by atoms with Gasteiger partial charge in [-0.25, -0.2) is 24.6 Å². The number of H-pyrrole nitrogens is 2.